The van der Waals surface area contributed by atoms with Crippen molar-refractivity contribution >= 4 is 64.5 Å². The van der Waals surface area contributed by atoms with E-state index >= 15 is 4.39 Å². The maximum atomic E-state index is 15.9. The Balaban J connectivity index is 1.63. The van der Waals surface area contributed by atoms with Crippen LogP contribution in [-0.2, 0) is 20.7 Å². The van der Waals surface area contributed by atoms with E-state index in [-0.39, 0.29) is 43.0 Å². The van der Waals surface area contributed by atoms with Crippen LogP contribution in [0.2, 0.25) is 0 Å². The van der Waals surface area contributed by atoms with E-state index in [0.29, 0.717) is 6.42 Å². The molecule has 2 aromatic rings. The second kappa shape index (κ2) is 14.7. The van der Waals surface area contributed by atoms with Crippen molar-refractivity contribution in [3.8, 4) is 0 Å². The summed E-state index contributed by atoms with van der Waals surface area (Å²) >= 11 is 17.3. The van der Waals surface area contributed by atoms with Gasteiger partial charge in [0.1, 0.15) is 12.4 Å². The van der Waals surface area contributed by atoms with Crippen LogP contribution in [0, 0.1) is 23.2 Å². The molecule has 0 saturated carbocycles. The smallest absolute Gasteiger partial charge is 0.416 e. The number of alkyl halides is 3. The molecule has 3 atom stereocenters. The van der Waals surface area contributed by atoms with Gasteiger partial charge in [0.15, 0.2) is 0 Å². The Bertz CT molecular complexity index is 1440. The number of cyclic esters (lactones) is 1. The highest BCUT2D eigenvalue weighted by molar-refractivity contribution is 6.76. The van der Waals surface area contributed by atoms with E-state index in [9.17, 15) is 19.2 Å². The van der Waals surface area contributed by atoms with Gasteiger partial charge in [-0.3, -0.25) is 24.7 Å². The van der Waals surface area contributed by atoms with Crippen LogP contribution >= 0.6 is 34.8 Å². The van der Waals surface area contributed by atoms with Gasteiger partial charge in [0, 0.05) is 6.54 Å². The van der Waals surface area contributed by atoms with Gasteiger partial charge in [-0.1, -0.05) is 91.1 Å². The molecule has 9 nitrogen and oxygen atoms in total. The molecule has 1 saturated heterocycles. The Kier molecular flexibility index (Phi) is 11.3. The summed E-state index contributed by atoms with van der Waals surface area (Å²) in [5, 5.41) is 7.97. The Morgan fingerprint density at radius 2 is 1.64 bits per heavy atom. The number of hydrogen-bond acceptors (Lipinski definition) is 7. The third-order valence-corrected chi connectivity index (χ3v) is 8.12. The molecule has 0 aliphatic carbocycles. The quantitative estimate of drug-likeness (QED) is 0.115. The van der Waals surface area contributed by atoms with E-state index in [1.54, 1.807) is 38.1 Å². The van der Waals surface area contributed by atoms with Crippen LogP contribution in [0.5, 0.6) is 0 Å². The van der Waals surface area contributed by atoms with Gasteiger partial charge in [-0.15, -0.1) is 0 Å². The fourth-order valence-electron chi connectivity index (χ4n) is 5.44. The number of carbonyl (C=O) groups excluding carboxylic acids is 4. The lowest BCUT2D eigenvalue weighted by Gasteiger charge is -2.31. The van der Waals surface area contributed by atoms with Crippen molar-refractivity contribution in [2.24, 2.45) is 17.8 Å². The molecule has 0 unspecified atom stereocenters. The number of amides is 4. The molecule has 2 heterocycles. The molecular weight excluding hydrogens is 648 g/mol. The monoisotopic (exact) mass is 679 g/mol. The highest BCUT2D eigenvalue weighted by Gasteiger charge is 2.45. The molecule has 13 heteroatoms. The van der Waals surface area contributed by atoms with E-state index < -0.39 is 63.8 Å². The molecule has 0 radical (unpaired) electrons. The zero-order valence-electron chi connectivity index (χ0n) is 24.7. The van der Waals surface area contributed by atoms with Crippen molar-refractivity contribution in [3.63, 3.8) is 0 Å². The second-order valence-electron chi connectivity index (χ2n) is 11.2. The number of carbonyl (C=O) groups is 4. The molecule has 2 aromatic carbocycles. The fraction of sp³-hybridized carbons (Fsp3) is 0.406. The SMILES string of the molecule is CC(C)/C=C(\F)[C@H](COC(=N)C(Cl)(Cl)Cl)[C@@H](CCCN1C(=O)c2ccccc2C1=O)C(=O)N1C(=O)OC[C@H]1Cc1ccccc1. The lowest BCUT2D eigenvalue weighted by molar-refractivity contribution is -0.135. The third kappa shape index (κ3) is 8.23. The minimum atomic E-state index is -2.23. The molecule has 240 valence electrons. The van der Waals surface area contributed by atoms with Crippen LogP contribution in [0.1, 0.15) is 53.0 Å². The first-order valence-electron chi connectivity index (χ1n) is 14.4. The molecular formula is C32H33Cl3FN3O6. The van der Waals surface area contributed by atoms with Gasteiger partial charge >= 0.3 is 6.09 Å². The van der Waals surface area contributed by atoms with Gasteiger partial charge in [-0.25, -0.2) is 14.1 Å². The van der Waals surface area contributed by atoms with Gasteiger partial charge in [0.05, 0.1) is 35.6 Å². The highest BCUT2D eigenvalue weighted by Crippen LogP contribution is 2.34. The van der Waals surface area contributed by atoms with Crippen molar-refractivity contribution in [2.75, 3.05) is 19.8 Å². The van der Waals surface area contributed by atoms with Crippen molar-refractivity contribution in [3.05, 3.63) is 83.2 Å². The maximum Gasteiger partial charge on any atom is 0.416 e. The average molecular weight is 681 g/mol. The molecule has 0 aromatic heterocycles. The highest BCUT2D eigenvalue weighted by atomic mass is 35.6. The molecule has 2 aliphatic rings. The summed E-state index contributed by atoms with van der Waals surface area (Å²) < 4.78 is 24.3. The van der Waals surface area contributed by atoms with E-state index in [1.807, 2.05) is 30.3 Å². The largest absolute Gasteiger partial charge is 0.477 e. The number of fused-ring (bicyclic) bond motifs is 1. The normalized spacial score (nSPS) is 18.2. The Hall–Kier alpha value is -3.47. The Morgan fingerprint density at radius 3 is 2.22 bits per heavy atom. The Labute approximate surface area is 275 Å². The van der Waals surface area contributed by atoms with E-state index in [2.05, 4.69) is 0 Å². The van der Waals surface area contributed by atoms with Gasteiger partial charge < -0.3 is 9.47 Å². The van der Waals surface area contributed by atoms with Gasteiger partial charge in [0.2, 0.25) is 11.8 Å². The summed E-state index contributed by atoms with van der Waals surface area (Å²) in [5.41, 5.74) is 1.42. The number of halogens is 4. The van der Waals surface area contributed by atoms with Crippen LogP contribution in [0.15, 0.2) is 66.5 Å². The van der Waals surface area contributed by atoms with Crippen molar-refractivity contribution in [1.82, 2.24) is 9.80 Å². The number of allylic oxidation sites excluding steroid dienone is 1. The summed E-state index contributed by atoms with van der Waals surface area (Å²) in [7, 11) is 0. The number of benzene rings is 2. The maximum absolute atomic E-state index is 15.9. The fourth-order valence-corrected chi connectivity index (χ4v) is 5.60. The second-order valence-corrected chi connectivity index (χ2v) is 13.5. The summed E-state index contributed by atoms with van der Waals surface area (Å²) in [6.45, 7) is 2.82. The number of imide groups is 2. The van der Waals surface area contributed by atoms with Crippen LogP contribution in [0.3, 0.4) is 0 Å². The van der Waals surface area contributed by atoms with Crippen LogP contribution in [0.25, 0.3) is 0 Å². The lowest BCUT2D eigenvalue weighted by atomic mass is 9.85. The minimum Gasteiger partial charge on any atom is -0.477 e. The number of nitrogens with one attached hydrogen (secondary N) is 1. The van der Waals surface area contributed by atoms with Crippen molar-refractivity contribution < 1.29 is 33.0 Å². The molecule has 2 aliphatic heterocycles. The first kappa shape index (κ1) is 34.4. The number of ether oxygens (including phenoxy) is 2. The van der Waals surface area contributed by atoms with Gasteiger partial charge in [-0.2, -0.15) is 0 Å². The Morgan fingerprint density at radius 1 is 1.04 bits per heavy atom. The average Bonchev–Trinajstić information content (AvgIpc) is 3.47. The van der Waals surface area contributed by atoms with E-state index in [1.165, 1.54) is 6.08 Å². The van der Waals surface area contributed by atoms with E-state index in [0.717, 1.165) is 15.4 Å². The molecule has 4 amide bonds. The van der Waals surface area contributed by atoms with Crippen LogP contribution in [-0.4, -0.2) is 69.1 Å². The standard InChI is InChI=1S/C32H33Cl3FN3O6/c1-19(2)15-26(36)25(18-44-30(37)32(33,34)35)24(13-8-14-38-27(40)22-11-6-7-12-23(22)28(38)41)29(42)39-21(17-45-31(39)43)16-20-9-4-3-5-10-20/h3-7,9-12,15,19,21,24-25,37H,8,13-14,16-18H2,1-2H3/b26-15-,37-30?/t21-,24-,25-/m1/s1. The number of nitrogens with zero attached hydrogens (tertiary/aromatic N) is 2. The molecule has 45 heavy (non-hydrogen) atoms. The molecule has 4 rings (SSSR count). The third-order valence-electron chi connectivity index (χ3n) is 7.60. The first-order valence-corrected chi connectivity index (χ1v) is 15.6. The lowest BCUT2D eigenvalue weighted by Crippen LogP contribution is -2.46. The van der Waals surface area contributed by atoms with Crippen molar-refractivity contribution in [2.45, 2.75) is 42.9 Å². The zero-order valence-corrected chi connectivity index (χ0v) is 26.9. The first-order chi connectivity index (χ1) is 21.3. The predicted octanol–water partition coefficient (Wildman–Crippen LogP) is 6.76. The van der Waals surface area contributed by atoms with Crippen LogP contribution < -0.4 is 0 Å². The molecule has 0 spiro atoms. The zero-order chi connectivity index (χ0) is 32.9. The molecule has 1 N–H and O–H groups in total. The summed E-state index contributed by atoms with van der Waals surface area (Å²) in [6, 6.07) is 15.0. The number of rotatable bonds is 12. The topological polar surface area (TPSA) is 117 Å². The summed E-state index contributed by atoms with van der Waals surface area (Å²) in [5.74, 6) is -5.94. The minimum absolute atomic E-state index is 0.0510. The molecule has 1 fully saturated rings. The number of hydrogen-bond donors (Lipinski definition) is 1. The van der Waals surface area contributed by atoms with E-state index in [4.69, 9.17) is 49.7 Å². The van der Waals surface area contributed by atoms with Crippen molar-refractivity contribution in [1.29, 1.82) is 5.41 Å². The summed E-state index contributed by atoms with van der Waals surface area (Å²) in [6.07, 6.45) is 0.794. The summed E-state index contributed by atoms with van der Waals surface area (Å²) in [4.78, 5) is 55.2. The van der Waals surface area contributed by atoms with Gasteiger partial charge in [-0.05, 0) is 49.0 Å². The van der Waals surface area contributed by atoms with Gasteiger partial charge in [0.25, 0.3) is 15.6 Å². The molecule has 0 bridgehead atoms. The predicted molar refractivity (Wildman–Crippen MR) is 168 cm³/mol. The van der Waals surface area contributed by atoms with Crippen LogP contribution in [0.4, 0.5) is 9.18 Å².